The van der Waals surface area contributed by atoms with Crippen molar-refractivity contribution in [2.75, 3.05) is 31.1 Å². The van der Waals surface area contributed by atoms with Crippen molar-refractivity contribution in [2.24, 2.45) is 0 Å². The number of fused-ring (bicyclic) bond motifs is 1. The Morgan fingerprint density at radius 3 is 2.52 bits per heavy atom. The molecule has 1 aliphatic rings. The molecule has 8 nitrogen and oxygen atoms in total. The summed E-state index contributed by atoms with van der Waals surface area (Å²) in [6.45, 7) is 2.39. The molecule has 0 bridgehead atoms. The van der Waals surface area contributed by atoms with Gasteiger partial charge in [0.25, 0.3) is 5.91 Å². The van der Waals surface area contributed by atoms with Crippen LogP contribution in [0.5, 0.6) is 0 Å². The highest BCUT2D eigenvalue weighted by molar-refractivity contribution is 6.28. The lowest BCUT2D eigenvalue weighted by atomic mass is 10.2. The van der Waals surface area contributed by atoms with E-state index in [4.69, 9.17) is 16.0 Å². The maximum absolute atomic E-state index is 12.5. The molecule has 5 rings (SSSR count). The van der Waals surface area contributed by atoms with Gasteiger partial charge in [-0.05, 0) is 35.9 Å². The molecule has 3 aromatic heterocycles. The molecular formula is C20H17ClN6O2. The van der Waals surface area contributed by atoms with E-state index in [1.54, 1.807) is 27.9 Å². The molecule has 0 saturated carbocycles. The van der Waals surface area contributed by atoms with Crippen molar-refractivity contribution in [2.45, 2.75) is 0 Å². The molecule has 1 aromatic carbocycles. The predicted octanol–water partition coefficient (Wildman–Crippen LogP) is 3.02. The maximum Gasteiger partial charge on any atom is 0.289 e. The predicted molar refractivity (Wildman–Crippen MR) is 108 cm³/mol. The minimum atomic E-state index is -0.0996. The molecule has 0 radical (unpaired) electrons. The Morgan fingerprint density at radius 2 is 1.79 bits per heavy atom. The van der Waals surface area contributed by atoms with Gasteiger partial charge in [-0.25, -0.2) is 4.68 Å². The first-order valence-corrected chi connectivity index (χ1v) is 9.63. The molecule has 0 N–H and O–H groups in total. The summed E-state index contributed by atoms with van der Waals surface area (Å²) >= 11 is 6.24. The van der Waals surface area contributed by atoms with Crippen LogP contribution in [0.1, 0.15) is 10.6 Å². The van der Waals surface area contributed by atoms with Gasteiger partial charge in [0.2, 0.25) is 5.28 Å². The largest absolute Gasteiger partial charge is 0.459 e. The van der Waals surface area contributed by atoms with Crippen LogP contribution in [-0.4, -0.2) is 56.7 Å². The van der Waals surface area contributed by atoms with E-state index < -0.39 is 0 Å². The van der Waals surface area contributed by atoms with Crippen molar-refractivity contribution in [1.29, 1.82) is 0 Å². The SMILES string of the molecule is O=C(c1ccco1)N1CCN(c2nc(Cl)nc3c2cnn3-c2ccccc2)CC1. The lowest BCUT2D eigenvalue weighted by Gasteiger charge is -2.35. The summed E-state index contributed by atoms with van der Waals surface area (Å²) in [5, 5.41) is 5.48. The quantitative estimate of drug-likeness (QED) is 0.485. The third kappa shape index (κ3) is 3.21. The van der Waals surface area contributed by atoms with Crippen molar-refractivity contribution in [3.05, 3.63) is 66.0 Å². The Bertz CT molecular complexity index is 1150. The first kappa shape index (κ1) is 17.7. The van der Waals surface area contributed by atoms with E-state index >= 15 is 0 Å². The fourth-order valence-corrected chi connectivity index (χ4v) is 3.70. The zero-order chi connectivity index (χ0) is 19.8. The van der Waals surface area contributed by atoms with Crippen LogP contribution >= 0.6 is 11.6 Å². The number of piperazine rings is 1. The van der Waals surface area contributed by atoms with E-state index in [1.807, 2.05) is 30.3 Å². The van der Waals surface area contributed by atoms with Gasteiger partial charge in [-0.3, -0.25) is 4.79 Å². The molecule has 0 spiro atoms. The Morgan fingerprint density at radius 1 is 1.00 bits per heavy atom. The summed E-state index contributed by atoms with van der Waals surface area (Å²) in [6.07, 6.45) is 3.27. The van der Waals surface area contributed by atoms with E-state index in [0.717, 1.165) is 16.9 Å². The highest BCUT2D eigenvalue weighted by Crippen LogP contribution is 2.28. The second-order valence-corrected chi connectivity index (χ2v) is 7.04. The number of nitrogens with zero attached hydrogens (tertiary/aromatic N) is 6. The molecule has 1 fully saturated rings. The van der Waals surface area contributed by atoms with Crippen LogP contribution in [0.3, 0.4) is 0 Å². The van der Waals surface area contributed by atoms with Crippen LogP contribution in [0.15, 0.2) is 59.3 Å². The van der Waals surface area contributed by atoms with Crippen molar-refractivity contribution in [3.63, 3.8) is 0 Å². The summed E-state index contributed by atoms with van der Waals surface area (Å²) in [5.41, 5.74) is 1.55. The van der Waals surface area contributed by atoms with E-state index in [1.165, 1.54) is 6.26 Å². The monoisotopic (exact) mass is 408 g/mol. The molecule has 0 unspecified atom stereocenters. The number of hydrogen-bond donors (Lipinski definition) is 0. The smallest absolute Gasteiger partial charge is 0.289 e. The third-order valence-electron chi connectivity index (χ3n) is 4.98. The second kappa shape index (κ2) is 7.21. The van der Waals surface area contributed by atoms with Crippen LogP contribution < -0.4 is 4.90 Å². The molecule has 0 atom stereocenters. The molecule has 4 aromatic rings. The minimum Gasteiger partial charge on any atom is -0.459 e. The molecule has 1 saturated heterocycles. The number of amides is 1. The third-order valence-corrected chi connectivity index (χ3v) is 5.15. The average Bonchev–Trinajstić information content (AvgIpc) is 3.44. The minimum absolute atomic E-state index is 0.0996. The van der Waals surface area contributed by atoms with Crippen LogP contribution in [0.4, 0.5) is 5.82 Å². The molecule has 146 valence electrons. The summed E-state index contributed by atoms with van der Waals surface area (Å²) in [4.78, 5) is 25.2. The standard InChI is InChI=1S/C20H17ClN6O2/c21-20-23-17(15-13-22-27(18(15)24-20)14-5-2-1-3-6-14)25-8-10-26(11-9-25)19(28)16-7-4-12-29-16/h1-7,12-13H,8-11H2. The number of carbonyl (C=O) groups excluding carboxylic acids is 1. The number of carbonyl (C=O) groups is 1. The van der Waals surface area contributed by atoms with Crippen molar-refractivity contribution in [1.82, 2.24) is 24.6 Å². The van der Waals surface area contributed by atoms with Crippen molar-refractivity contribution in [3.8, 4) is 5.69 Å². The van der Waals surface area contributed by atoms with E-state index in [2.05, 4.69) is 20.0 Å². The van der Waals surface area contributed by atoms with Gasteiger partial charge in [0.1, 0.15) is 5.82 Å². The van der Waals surface area contributed by atoms with Crippen molar-refractivity contribution < 1.29 is 9.21 Å². The fraction of sp³-hybridized carbons (Fsp3) is 0.200. The number of halogens is 1. The number of hydrogen-bond acceptors (Lipinski definition) is 6. The maximum atomic E-state index is 12.5. The number of rotatable bonds is 3. The summed E-state index contributed by atoms with van der Waals surface area (Å²) in [7, 11) is 0. The van der Waals surface area contributed by atoms with Gasteiger partial charge in [-0.1, -0.05) is 18.2 Å². The Hall–Kier alpha value is -3.39. The van der Waals surface area contributed by atoms with Crippen LogP contribution in [0.25, 0.3) is 16.7 Å². The molecular weight excluding hydrogens is 392 g/mol. The van der Waals surface area contributed by atoms with Crippen LogP contribution in [0, 0.1) is 0 Å². The lowest BCUT2D eigenvalue weighted by molar-refractivity contribution is 0.0714. The highest BCUT2D eigenvalue weighted by atomic mass is 35.5. The van der Waals surface area contributed by atoms with Crippen LogP contribution in [-0.2, 0) is 0 Å². The topological polar surface area (TPSA) is 80.3 Å². The van der Waals surface area contributed by atoms with Crippen molar-refractivity contribution >= 4 is 34.4 Å². The Labute approximate surface area is 171 Å². The number of benzene rings is 1. The second-order valence-electron chi connectivity index (χ2n) is 6.70. The van der Waals surface area contributed by atoms with Gasteiger partial charge >= 0.3 is 0 Å². The van der Waals surface area contributed by atoms with Gasteiger partial charge in [0, 0.05) is 26.2 Å². The molecule has 0 aliphatic carbocycles. The highest BCUT2D eigenvalue weighted by Gasteiger charge is 2.26. The number of para-hydroxylation sites is 1. The van der Waals surface area contributed by atoms with Crippen LogP contribution in [0.2, 0.25) is 5.28 Å². The molecule has 9 heteroatoms. The van der Waals surface area contributed by atoms with Gasteiger partial charge in [-0.2, -0.15) is 15.1 Å². The van der Waals surface area contributed by atoms with E-state index in [9.17, 15) is 4.79 Å². The average molecular weight is 409 g/mol. The zero-order valence-corrected chi connectivity index (χ0v) is 16.2. The van der Waals surface area contributed by atoms with E-state index in [-0.39, 0.29) is 11.2 Å². The molecule has 1 amide bonds. The number of furan rings is 1. The first-order valence-electron chi connectivity index (χ1n) is 9.25. The summed E-state index contributed by atoms with van der Waals surface area (Å²) in [5.74, 6) is 0.986. The lowest BCUT2D eigenvalue weighted by Crippen LogP contribution is -2.49. The zero-order valence-electron chi connectivity index (χ0n) is 15.4. The Balaban J connectivity index is 1.43. The van der Waals surface area contributed by atoms with Gasteiger partial charge in [0.15, 0.2) is 11.4 Å². The normalized spacial score (nSPS) is 14.5. The molecule has 4 heterocycles. The van der Waals surface area contributed by atoms with Gasteiger partial charge < -0.3 is 14.2 Å². The van der Waals surface area contributed by atoms with Gasteiger partial charge in [-0.15, -0.1) is 0 Å². The van der Waals surface area contributed by atoms with E-state index in [0.29, 0.717) is 37.6 Å². The summed E-state index contributed by atoms with van der Waals surface area (Å²) in [6, 6.07) is 13.2. The molecule has 1 aliphatic heterocycles. The fourth-order valence-electron chi connectivity index (χ4n) is 3.54. The summed E-state index contributed by atoms with van der Waals surface area (Å²) < 4.78 is 6.98. The number of anilines is 1. The first-order chi connectivity index (χ1) is 14.2. The Kier molecular flexibility index (Phi) is 4.40. The van der Waals surface area contributed by atoms with Gasteiger partial charge in [0.05, 0.1) is 23.5 Å². The number of aromatic nitrogens is 4. The molecule has 29 heavy (non-hydrogen) atoms.